The van der Waals surface area contributed by atoms with E-state index >= 15 is 0 Å². The second-order valence-electron chi connectivity index (χ2n) is 5.06. The molecule has 106 valence electrons. The van der Waals surface area contributed by atoms with E-state index in [-0.39, 0.29) is 0 Å². The van der Waals surface area contributed by atoms with E-state index in [4.69, 9.17) is 4.74 Å². The first-order chi connectivity index (χ1) is 9.36. The summed E-state index contributed by atoms with van der Waals surface area (Å²) in [6.07, 6.45) is 6.82. The van der Waals surface area contributed by atoms with Crippen molar-refractivity contribution in [2.45, 2.75) is 38.6 Å². The quantitative estimate of drug-likeness (QED) is 0.731. The third kappa shape index (κ3) is 3.90. The van der Waals surface area contributed by atoms with Crippen LogP contribution >= 0.6 is 11.8 Å². The van der Waals surface area contributed by atoms with Gasteiger partial charge in [0.25, 0.3) is 0 Å². The fourth-order valence-corrected chi connectivity index (χ4v) is 3.08. The Hall–Kier alpha value is -0.670. The minimum Gasteiger partial charge on any atom is -0.493 e. The lowest BCUT2D eigenvalue weighted by Crippen LogP contribution is -2.19. The Morgan fingerprint density at radius 1 is 1.42 bits per heavy atom. The molecular formula is C16H25NOS. The highest BCUT2D eigenvalue weighted by Gasteiger charge is 2.24. The lowest BCUT2D eigenvalue weighted by molar-refractivity contribution is 0.316. The van der Waals surface area contributed by atoms with Gasteiger partial charge in [-0.2, -0.15) is 11.8 Å². The summed E-state index contributed by atoms with van der Waals surface area (Å²) < 4.78 is 5.96. The molecule has 1 N–H and O–H groups in total. The zero-order chi connectivity index (χ0) is 13.5. The standard InChI is InChI=1S/C16H25NOS/c1-3-10-17-15-9-8-14-13(15)6-4-7-16(14)18-11-5-12-19-2/h4,6-7,15,17H,3,5,8-12H2,1-2H3. The number of hydrogen-bond acceptors (Lipinski definition) is 3. The van der Waals surface area contributed by atoms with Gasteiger partial charge in [0, 0.05) is 6.04 Å². The Bertz CT molecular complexity index is 394. The zero-order valence-corrected chi connectivity index (χ0v) is 12.9. The highest BCUT2D eigenvalue weighted by atomic mass is 32.2. The number of rotatable bonds is 8. The van der Waals surface area contributed by atoms with Gasteiger partial charge in [-0.05, 0) is 61.4 Å². The van der Waals surface area contributed by atoms with E-state index in [1.54, 1.807) is 0 Å². The summed E-state index contributed by atoms with van der Waals surface area (Å²) in [6.45, 7) is 4.15. The molecule has 0 spiro atoms. The Kier molecular flexibility index (Phi) is 6.05. The SMILES string of the molecule is CCCNC1CCc2c(OCCCSC)cccc21. The van der Waals surface area contributed by atoms with Crippen molar-refractivity contribution < 1.29 is 4.74 Å². The molecule has 2 nitrogen and oxygen atoms in total. The fraction of sp³-hybridized carbons (Fsp3) is 0.625. The van der Waals surface area contributed by atoms with Crippen molar-refractivity contribution in [2.24, 2.45) is 0 Å². The van der Waals surface area contributed by atoms with Gasteiger partial charge < -0.3 is 10.1 Å². The maximum absolute atomic E-state index is 5.96. The maximum Gasteiger partial charge on any atom is 0.122 e. The van der Waals surface area contributed by atoms with Crippen LogP contribution in [0.2, 0.25) is 0 Å². The van der Waals surface area contributed by atoms with Crippen LogP contribution in [0.15, 0.2) is 18.2 Å². The molecule has 0 saturated carbocycles. The molecule has 0 saturated heterocycles. The van der Waals surface area contributed by atoms with Crippen molar-refractivity contribution in [3.05, 3.63) is 29.3 Å². The molecule has 1 aromatic rings. The number of benzene rings is 1. The minimum atomic E-state index is 0.532. The largest absolute Gasteiger partial charge is 0.493 e. The van der Waals surface area contributed by atoms with Crippen LogP contribution in [0.25, 0.3) is 0 Å². The highest BCUT2D eigenvalue weighted by molar-refractivity contribution is 7.98. The molecule has 0 amide bonds. The van der Waals surface area contributed by atoms with Crippen LogP contribution in [0.3, 0.4) is 0 Å². The van der Waals surface area contributed by atoms with Gasteiger partial charge in [-0.25, -0.2) is 0 Å². The number of thioether (sulfide) groups is 1. The summed E-state index contributed by atoms with van der Waals surface area (Å²) in [5, 5.41) is 3.63. The summed E-state index contributed by atoms with van der Waals surface area (Å²) in [5.41, 5.74) is 2.89. The average Bonchev–Trinajstić information content (AvgIpc) is 2.85. The van der Waals surface area contributed by atoms with Crippen LogP contribution in [-0.2, 0) is 6.42 Å². The summed E-state index contributed by atoms with van der Waals surface area (Å²) in [6, 6.07) is 7.05. The van der Waals surface area contributed by atoms with Crippen molar-refractivity contribution in [3.63, 3.8) is 0 Å². The summed E-state index contributed by atoms with van der Waals surface area (Å²) >= 11 is 1.88. The van der Waals surface area contributed by atoms with Gasteiger partial charge in [0.15, 0.2) is 0 Å². The third-order valence-electron chi connectivity index (χ3n) is 3.62. The predicted molar refractivity (Wildman–Crippen MR) is 84.3 cm³/mol. The molecule has 2 rings (SSSR count). The van der Waals surface area contributed by atoms with E-state index < -0.39 is 0 Å². The molecule has 19 heavy (non-hydrogen) atoms. The van der Waals surface area contributed by atoms with Crippen molar-refractivity contribution in [3.8, 4) is 5.75 Å². The number of fused-ring (bicyclic) bond motifs is 1. The molecule has 1 atom stereocenters. The van der Waals surface area contributed by atoms with E-state index in [0.29, 0.717) is 6.04 Å². The lowest BCUT2D eigenvalue weighted by Gasteiger charge is -2.14. The number of nitrogens with one attached hydrogen (secondary N) is 1. The smallest absolute Gasteiger partial charge is 0.122 e. The van der Waals surface area contributed by atoms with Crippen molar-refractivity contribution in [1.29, 1.82) is 0 Å². The molecule has 1 unspecified atom stereocenters. The van der Waals surface area contributed by atoms with E-state index in [2.05, 4.69) is 36.7 Å². The minimum absolute atomic E-state index is 0.532. The molecule has 0 aromatic heterocycles. The molecule has 1 aliphatic carbocycles. The van der Waals surface area contributed by atoms with Crippen LogP contribution in [0.5, 0.6) is 5.75 Å². The van der Waals surface area contributed by atoms with Crippen molar-refractivity contribution >= 4 is 11.8 Å². The number of ether oxygens (including phenoxy) is 1. The zero-order valence-electron chi connectivity index (χ0n) is 12.1. The molecule has 0 bridgehead atoms. The van der Waals surface area contributed by atoms with Crippen molar-refractivity contribution in [1.82, 2.24) is 5.32 Å². The average molecular weight is 279 g/mol. The van der Waals surface area contributed by atoms with Crippen LogP contribution in [0.1, 0.15) is 43.4 Å². The Balaban J connectivity index is 1.97. The van der Waals surface area contributed by atoms with E-state index in [0.717, 1.165) is 31.7 Å². The van der Waals surface area contributed by atoms with Gasteiger partial charge in [-0.1, -0.05) is 19.1 Å². The Labute approximate surface area is 121 Å². The fourth-order valence-electron chi connectivity index (χ4n) is 2.67. The second kappa shape index (κ2) is 7.81. The lowest BCUT2D eigenvalue weighted by atomic mass is 10.1. The summed E-state index contributed by atoms with van der Waals surface area (Å²) in [4.78, 5) is 0. The van der Waals surface area contributed by atoms with Gasteiger partial charge in [0.05, 0.1) is 6.61 Å². The first-order valence-corrected chi connectivity index (χ1v) is 8.73. The normalized spacial score (nSPS) is 17.5. The van der Waals surface area contributed by atoms with Gasteiger partial charge >= 0.3 is 0 Å². The maximum atomic E-state index is 5.96. The molecule has 0 radical (unpaired) electrons. The van der Waals surface area contributed by atoms with Gasteiger partial charge in [0.1, 0.15) is 5.75 Å². The molecule has 1 aromatic carbocycles. The Morgan fingerprint density at radius 2 is 2.32 bits per heavy atom. The van der Waals surface area contributed by atoms with Gasteiger partial charge in [-0.15, -0.1) is 0 Å². The Morgan fingerprint density at radius 3 is 3.11 bits per heavy atom. The first kappa shape index (κ1) is 14.7. The van der Waals surface area contributed by atoms with E-state index in [1.807, 2.05) is 11.8 Å². The predicted octanol–water partition coefficient (Wildman–Crippen LogP) is 3.81. The molecule has 0 heterocycles. The van der Waals surface area contributed by atoms with E-state index in [9.17, 15) is 0 Å². The monoisotopic (exact) mass is 279 g/mol. The van der Waals surface area contributed by atoms with E-state index in [1.165, 1.54) is 29.7 Å². The summed E-state index contributed by atoms with van der Waals surface area (Å²) in [5.74, 6) is 2.29. The molecule has 1 aliphatic rings. The molecule has 0 fully saturated rings. The highest BCUT2D eigenvalue weighted by Crippen LogP contribution is 2.36. The number of hydrogen-bond donors (Lipinski definition) is 1. The van der Waals surface area contributed by atoms with Crippen LogP contribution in [0, 0.1) is 0 Å². The van der Waals surface area contributed by atoms with Crippen LogP contribution in [0.4, 0.5) is 0 Å². The van der Waals surface area contributed by atoms with Crippen LogP contribution in [-0.4, -0.2) is 25.2 Å². The molecule has 0 aliphatic heterocycles. The summed E-state index contributed by atoms with van der Waals surface area (Å²) in [7, 11) is 0. The molecule has 3 heteroatoms. The van der Waals surface area contributed by atoms with Crippen molar-refractivity contribution in [2.75, 3.05) is 25.2 Å². The van der Waals surface area contributed by atoms with Crippen LogP contribution < -0.4 is 10.1 Å². The second-order valence-corrected chi connectivity index (χ2v) is 6.05. The molecular weight excluding hydrogens is 254 g/mol. The topological polar surface area (TPSA) is 21.3 Å². The third-order valence-corrected chi connectivity index (χ3v) is 4.32. The van der Waals surface area contributed by atoms with Gasteiger partial charge in [0.2, 0.25) is 0 Å². The first-order valence-electron chi connectivity index (χ1n) is 7.33. The van der Waals surface area contributed by atoms with Gasteiger partial charge in [-0.3, -0.25) is 0 Å².